The molecule has 5 N–H and O–H groups in total. The summed E-state index contributed by atoms with van der Waals surface area (Å²) in [5, 5.41) is 48.7. The minimum Gasteiger partial charge on any atom is -0.388 e. The number of aromatic nitrogens is 2. The molecule has 0 radical (unpaired) electrons. The van der Waals surface area contributed by atoms with Crippen LogP contribution >= 0.6 is 11.6 Å². The minimum absolute atomic E-state index is 0.290. The molecule has 4 rings (SSSR count). The van der Waals surface area contributed by atoms with Crippen molar-refractivity contribution in [3.05, 3.63) is 83.1 Å². The van der Waals surface area contributed by atoms with Gasteiger partial charge in [0.05, 0.1) is 30.4 Å². The molecule has 0 aliphatic carbocycles. The number of aliphatic hydroxyl groups excluding tert-OH is 4. The lowest BCUT2D eigenvalue weighted by Gasteiger charge is -2.29. The monoisotopic (exact) mass is 514 g/mol. The predicted molar refractivity (Wildman–Crippen MR) is 130 cm³/mol. The molecule has 6 atom stereocenters. The number of amides is 2. The van der Waals surface area contributed by atoms with Gasteiger partial charge in [-0.3, -0.25) is 9.59 Å². The van der Waals surface area contributed by atoms with Crippen LogP contribution in [-0.2, 0) is 9.59 Å². The third-order valence-corrected chi connectivity index (χ3v) is 6.49. The largest absolute Gasteiger partial charge is 0.388 e. The maximum absolute atomic E-state index is 13.0. The zero-order chi connectivity index (χ0) is 26.0. The number of rotatable bonds is 7. The Hall–Kier alpha value is -3.28. The lowest BCUT2D eigenvalue weighted by Crippen LogP contribution is -2.51. The predicted octanol–water partition coefficient (Wildman–Crippen LogP) is 0.730. The van der Waals surface area contributed by atoms with Crippen LogP contribution in [0.2, 0.25) is 5.02 Å². The van der Waals surface area contributed by atoms with Crippen LogP contribution in [-0.4, -0.2) is 77.9 Å². The highest BCUT2D eigenvalue weighted by Gasteiger charge is 2.46. The molecule has 1 aliphatic heterocycles. The lowest BCUT2D eigenvalue weighted by molar-refractivity contribution is -0.154. The summed E-state index contributed by atoms with van der Waals surface area (Å²) in [4.78, 5) is 26.7. The summed E-state index contributed by atoms with van der Waals surface area (Å²) in [6, 6.07) is 13.9. The quantitative estimate of drug-likeness (QED) is 0.312. The highest BCUT2D eigenvalue weighted by Crippen LogP contribution is 2.34. The maximum Gasteiger partial charge on any atom is 0.255 e. The van der Waals surface area contributed by atoms with Gasteiger partial charge in [0, 0.05) is 17.4 Å². The van der Waals surface area contributed by atoms with E-state index < -0.39 is 48.3 Å². The molecule has 0 bridgehead atoms. The molecule has 0 spiro atoms. The highest BCUT2D eigenvalue weighted by molar-refractivity contribution is 6.30. The summed E-state index contributed by atoms with van der Waals surface area (Å²) >= 11 is 6.03. The number of carbonyl (C=O) groups excluding carboxylic acids is 2. The van der Waals surface area contributed by atoms with Gasteiger partial charge in [0.15, 0.2) is 12.2 Å². The first-order valence-electron chi connectivity index (χ1n) is 11.4. The van der Waals surface area contributed by atoms with Crippen molar-refractivity contribution < 1.29 is 30.0 Å². The van der Waals surface area contributed by atoms with Crippen molar-refractivity contribution in [1.82, 2.24) is 20.0 Å². The van der Waals surface area contributed by atoms with Crippen molar-refractivity contribution in [3.63, 3.8) is 0 Å². The molecule has 10 nitrogen and oxygen atoms in total. The van der Waals surface area contributed by atoms with E-state index in [2.05, 4.69) is 10.4 Å². The molecule has 36 heavy (non-hydrogen) atoms. The van der Waals surface area contributed by atoms with Gasteiger partial charge in [-0.2, -0.15) is 5.10 Å². The second kappa shape index (κ2) is 10.8. The van der Waals surface area contributed by atoms with Gasteiger partial charge in [0.2, 0.25) is 0 Å². The summed E-state index contributed by atoms with van der Waals surface area (Å²) in [6.45, 7) is 1.41. The Kier molecular flexibility index (Phi) is 7.72. The summed E-state index contributed by atoms with van der Waals surface area (Å²) in [5.41, 5.74) is 2.00. The van der Waals surface area contributed by atoms with Crippen LogP contribution in [0.1, 0.15) is 30.1 Å². The van der Waals surface area contributed by atoms with Gasteiger partial charge in [-0.05, 0) is 48.4 Å². The van der Waals surface area contributed by atoms with E-state index in [9.17, 15) is 30.0 Å². The van der Waals surface area contributed by atoms with Crippen molar-refractivity contribution in [1.29, 1.82) is 0 Å². The number of benzene rings is 2. The Morgan fingerprint density at radius 3 is 2.44 bits per heavy atom. The number of β-amino-alcohol motifs (C(OH)–C–C–N with tert-alkyl or cyclic N) is 1. The van der Waals surface area contributed by atoms with E-state index in [1.54, 1.807) is 60.4 Å². The van der Waals surface area contributed by atoms with Gasteiger partial charge >= 0.3 is 0 Å². The van der Waals surface area contributed by atoms with E-state index in [0.717, 1.165) is 16.2 Å². The van der Waals surface area contributed by atoms with Gasteiger partial charge in [-0.15, -0.1) is 0 Å². The van der Waals surface area contributed by atoms with E-state index in [-0.39, 0.29) is 6.54 Å². The highest BCUT2D eigenvalue weighted by atomic mass is 35.5. The van der Waals surface area contributed by atoms with Crippen molar-refractivity contribution in [3.8, 4) is 5.69 Å². The standard InChI is InChI=1S/C25H27ClN4O6/c1-14(15-6-8-18(9-7-15)30-11-3-10-27-30)28-24(35)22(33)23(34)25(36)29-13-19(31)21(32)20(29)16-4-2-5-17(26)12-16/h2-12,14,19-23,31-34H,13H2,1H3,(H,28,35)/t14-,19+,20?,21+,22-,23-/m1/s1. The number of halogens is 1. The number of hydrogen-bond acceptors (Lipinski definition) is 7. The second-order valence-corrected chi connectivity index (χ2v) is 9.15. The van der Waals surface area contributed by atoms with Gasteiger partial charge < -0.3 is 30.6 Å². The molecule has 1 fully saturated rings. The van der Waals surface area contributed by atoms with Gasteiger partial charge in [-0.25, -0.2) is 4.68 Å². The Labute approximate surface area is 212 Å². The number of hydrogen-bond donors (Lipinski definition) is 5. The Morgan fingerprint density at radius 2 is 1.81 bits per heavy atom. The van der Waals surface area contributed by atoms with E-state index >= 15 is 0 Å². The average Bonchev–Trinajstić information content (AvgIpc) is 3.51. The van der Waals surface area contributed by atoms with Gasteiger partial charge in [0.1, 0.15) is 6.10 Å². The molecule has 2 amide bonds. The number of nitrogens with one attached hydrogen (secondary N) is 1. The first kappa shape index (κ1) is 25.8. The van der Waals surface area contributed by atoms with E-state index in [1.807, 2.05) is 12.1 Å². The molecule has 1 unspecified atom stereocenters. The molecule has 190 valence electrons. The summed E-state index contributed by atoms with van der Waals surface area (Å²) in [5.74, 6) is -1.95. The molecule has 1 aromatic heterocycles. The molecule has 2 aromatic carbocycles. The van der Waals surface area contributed by atoms with E-state index in [0.29, 0.717) is 10.6 Å². The molecule has 1 aliphatic rings. The first-order valence-corrected chi connectivity index (χ1v) is 11.7. The minimum atomic E-state index is -2.11. The second-order valence-electron chi connectivity index (χ2n) is 8.71. The summed E-state index contributed by atoms with van der Waals surface area (Å²) in [6.07, 6.45) is -3.34. The topological polar surface area (TPSA) is 148 Å². The van der Waals surface area contributed by atoms with Crippen molar-refractivity contribution in [2.45, 2.75) is 43.4 Å². The average molecular weight is 515 g/mol. The molecule has 0 saturated carbocycles. The SMILES string of the molecule is C[C@@H](NC(=O)[C@H](O)[C@@H](O)C(=O)N1C[C@H](O)[C@H](O)C1c1cccc(Cl)c1)c1ccc(-n2cccn2)cc1. The fourth-order valence-corrected chi connectivity index (χ4v) is 4.48. The zero-order valence-corrected chi connectivity index (χ0v) is 20.1. The number of carbonyl (C=O) groups is 2. The van der Waals surface area contributed by atoms with Crippen molar-refractivity contribution in [2.24, 2.45) is 0 Å². The molecule has 1 saturated heterocycles. The van der Waals surface area contributed by atoms with E-state index in [1.165, 1.54) is 6.07 Å². The van der Waals surface area contributed by atoms with Crippen LogP contribution in [0.4, 0.5) is 0 Å². The molecule has 11 heteroatoms. The maximum atomic E-state index is 13.0. The van der Waals surface area contributed by atoms with Gasteiger partial charge in [-0.1, -0.05) is 35.9 Å². The Balaban J connectivity index is 1.42. The van der Waals surface area contributed by atoms with Crippen LogP contribution in [0.3, 0.4) is 0 Å². The number of aliphatic hydroxyl groups is 4. The van der Waals surface area contributed by atoms with Crippen molar-refractivity contribution >= 4 is 23.4 Å². The Morgan fingerprint density at radius 1 is 1.08 bits per heavy atom. The van der Waals surface area contributed by atoms with Crippen LogP contribution in [0, 0.1) is 0 Å². The third-order valence-electron chi connectivity index (χ3n) is 6.25. The number of nitrogens with zero attached hydrogens (tertiary/aromatic N) is 3. The smallest absolute Gasteiger partial charge is 0.255 e. The molecular formula is C25H27ClN4O6. The van der Waals surface area contributed by atoms with Crippen LogP contribution in [0.5, 0.6) is 0 Å². The third kappa shape index (κ3) is 5.28. The van der Waals surface area contributed by atoms with Crippen molar-refractivity contribution in [2.75, 3.05) is 6.54 Å². The molecule has 2 heterocycles. The van der Waals surface area contributed by atoms with Crippen LogP contribution in [0.25, 0.3) is 5.69 Å². The number of likely N-dealkylation sites (tertiary alicyclic amines) is 1. The molecular weight excluding hydrogens is 488 g/mol. The fourth-order valence-electron chi connectivity index (χ4n) is 4.28. The lowest BCUT2D eigenvalue weighted by atomic mass is 10.0. The first-order chi connectivity index (χ1) is 17.2. The van der Waals surface area contributed by atoms with Gasteiger partial charge in [0.25, 0.3) is 11.8 Å². The summed E-state index contributed by atoms with van der Waals surface area (Å²) < 4.78 is 1.68. The zero-order valence-electron chi connectivity index (χ0n) is 19.3. The van der Waals surface area contributed by atoms with E-state index in [4.69, 9.17) is 11.6 Å². The Bertz CT molecular complexity index is 1210. The van der Waals surface area contributed by atoms with Crippen LogP contribution in [0.15, 0.2) is 67.0 Å². The fraction of sp³-hybridized carbons (Fsp3) is 0.320. The summed E-state index contributed by atoms with van der Waals surface area (Å²) in [7, 11) is 0. The van der Waals surface area contributed by atoms with Crippen LogP contribution < -0.4 is 5.32 Å². The normalized spacial score (nSPS) is 22.2. The molecule has 3 aromatic rings.